The second-order valence-electron chi connectivity index (χ2n) is 5.15. The standard InChI is InChI=1S/C15H22FNO2/c1-12-10-17(11-13(2)19-12)8-5-9-18-15-7-4-3-6-14(15)16/h3-4,6-7,12-13H,5,8-11H2,1-2H3. The van der Waals surface area contributed by atoms with Gasteiger partial charge in [0.1, 0.15) is 0 Å². The Bertz CT molecular complexity index is 389. The van der Waals surface area contributed by atoms with Gasteiger partial charge in [-0.1, -0.05) is 12.1 Å². The van der Waals surface area contributed by atoms with Crippen molar-refractivity contribution in [2.75, 3.05) is 26.2 Å². The third-order valence-corrected chi connectivity index (χ3v) is 3.21. The van der Waals surface area contributed by atoms with Crippen LogP contribution in [0.2, 0.25) is 0 Å². The predicted octanol–water partition coefficient (Wildman–Crippen LogP) is 2.70. The zero-order valence-electron chi connectivity index (χ0n) is 11.6. The fraction of sp³-hybridized carbons (Fsp3) is 0.600. The van der Waals surface area contributed by atoms with Gasteiger partial charge in [-0.05, 0) is 32.4 Å². The van der Waals surface area contributed by atoms with Gasteiger partial charge in [0.2, 0.25) is 0 Å². The quantitative estimate of drug-likeness (QED) is 0.766. The third kappa shape index (κ3) is 4.48. The molecule has 1 heterocycles. The number of ether oxygens (including phenoxy) is 2. The second kappa shape index (κ2) is 6.87. The molecule has 2 unspecified atom stereocenters. The highest BCUT2D eigenvalue weighted by atomic mass is 19.1. The molecule has 2 rings (SSSR count). The Balaban J connectivity index is 1.68. The molecular weight excluding hydrogens is 245 g/mol. The first kappa shape index (κ1) is 14.3. The molecule has 0 aliphatic carbocycles. The van der Waals surface area contributed by atoms with Gasteiger partial charge in [0, 0.05) is 19.6 Å². The average Bonchev–Trinajstić information content (AvgIpc) is 2.35. The van der Waals surface area contributed by atoms with E-state index in [4.69, 9.17) is 9.47 Å². The largest absolute Gasteiger partial charge is 0.490 e. The summed E-state index contributed by atoms with van der Waals surface area (Å²) in [5.74, 6) is 0.0438. The van der Waals surface area contributed by atoms with Crippen LogP contribution in [0.5, 0.6) is 5.75 Å². The normalized spacial score (nSPS) is 24.4. The molecule has 1 saturated heterocycles. The Labute approximate surface area is 114 Å². The first-order chi connectivity index (χ1) is 9.15. The SMILES string of the molecule is CC1CN(CCCOc2ccccc2F)CC(C)O1. The summed E-state index contributed by atoms with van der Waals surface area (Å²) >= 11 is 0. The van der Waals surface area contributed by atoms with Crippen molar-refractivity contribution < 1.29 is 13.9 Å². The van der Waals surface area contributed by atoms with Crippen molar-refractivity contribution >= 4 is 0 Å². The van der Waals surface area contributed by atoms with Gasteiger partial charge in [-0.3, -0.25) is 4.90 Å². The lowest BCUT2D eigenvalue weighted by molar-refractivity contribution is -0.0686. The fourth-order valence-corrected chi connectivity index (χ4v) is 2.50. The van der Waals surface area contributed by atoms with Gasteiger partial charge in [0.25, 0.3) is 0 Å². The molecule has 0 saturated carbocycles. The lowest BCUT2D eigenvalue weighted by Crippen LogP contribution is -2.45. The van der Waals surface area contributed by atoms with Crippen molar-refractivity contribution in [2.45, 2.75) is 32.5 Å². The van der Waals surface area contributed by atoms with Gasteiger partial charge < -0.3 is 9.47 Å². The molecule has 4 heteroatoms. The highest BCUT2D eigenvalue weighted by molar-refractivity contribution is 5.23. The fourth-order valence-electron chi connectivity index (χ4n) is 2.50. The van der Waals surface area contributed by atoms with E-state index in [2.05, 4.69) is 18.7 Å². The van der Waals surface area contributed by atoms with Crippen molar-refractivity contribution in [1.82, 2.24) is 4.90 Å². The lowest BCUT2D eigenvalue weighted by atomic mass is 10.2. The van der Waals surface area contributed by atoms with E-state index in [-0.39, 0.29) is 18.0 Å². The molecule has 19 heavy (non-hydrogen) atoms. The van der Waals surface area contributed by atoms with Crippen LogP contribution in [0, 0.1) is 5.82 Å². The summed E-state index contributed by atoms with van der Waals surface area (Å²) in [7, 11) is 0. The van der Waals surface area contributed by atoms with Crippen LogP contribution >= 0.6 is 0 Å². The molecule has 1 aliphatic rings. The van der Waals surface area contributed by atoms with Crippen LogP contribution in [0.25, 0.3) is 0 Å². The Morgan fingerprint density at radius 2 is 1.95 bits per heavy atom. The number of hydrogen-bond acceptors (Lipinski definition) is 3. The summed E-state index contributed by atoms with van der Waals surface area (Å²) < 4.78 is 24.5. The first-order valence-corrected chi connectivity index (χ1v) is 6.90. The average molecular weight is 267 g/mol. The van der Waals surface area contributed by atoms with E-state index in [1.165, 1.54) is 6.07 Å². The Morgan fingerprint density at radius 3 is 2.63 bits per heavy atom. The van der Waals surface area contributed by atoms with Crippen LogP contribution < -0.4 is 4.74 Å². The minimum absolute atomic E-state index is 0.288. The molecule has 0 spiro atoms. The van der Waals surface area contributed by atoms with Crippen LogP contribution in [0.3, 0.4) is 0 Å². The monoisotopic (exact) mass is 267 g/mol. The Hall–Kier alpha value is -1.13. The van der Waals surface area contributed by atoms with Gasteiger partial charge in [0.15, 0.2) is 11.6 Å². The maximum absolute atomic E-state index is 13.3. The van der Waals surface area contributed by atoms with E-state index >= 15 is 0 Å². The maximum Gasteiger partial charge on any atom is 0.165 e. The van der Waals surface area contributed by atoms with Crippen molar-refractivity contribution in [1.29, 1.82) is 0 Å². The first-order valence-electron chi connectivity index (χ1n) is 6.90. The molecule has 0 aromatic heterocycles. The summed E-state index contributed by atoms with van der Waals surface area (Å²) in [6.07, 6.45) is 1.47. The number of hydrogen-bond donors (Lipinski definition) is 0. The maximum atomic E-state index is 13.3. The molecule has 0 bridgehead atoms. The van der Waals surface area contributed by atoms with Crippen molar-refractivity contribution in [2.24, 2.45) is 0 Å². The van der Waals surface area contributed by atoms with Crippen molar-refractivity contribution in [3.8, 4) is 5.75 Å². The van der Waals surface area contributed by atoms with Gasteiger partial charge in [-0.25, -0.2) is 4.39 Å². The van der Waals surface area contributed by atoms with Crippen LogP contribution in [-0.2, 0) is 4.74 Å². The van der Waals surface area contributed by atoms with Crippen LogP contribution in [0.15, 0.2) is 24.3 Å². The van der Waals surface area contributed by atoms with Crippen molar-refractivity contribution in [3.63, 3.8) is 0 Å². The highest BCUT2D eigenvalue weighted by Crippen LogP contribution is 2.16. The Morgan fingerprint density at radius 1 is 1.26 bits per heavy atom. The van der Waals surface area contributed by atoms with Gasteiger partial charge in [-0.2, -0.15) is 0 Å². The highest BCUT2D eigenvalue weighted by Gasteiger charge is 2.21. The molecule has 0 N–H and O–H groups in total. The van der Waals surface area contributed by atoms with Crippen LogP contribution in [0.1, 0.15) is 20.3 Å². The Kier molecular flexibility index (Phi) is 5.16. The zero-order valence-corrected chi connectivity index (χ0v) is 11.6. The minimum atomic E-state index is -0.295. The summed E-state index contributed by atoms with van der Waals surface area (Å²) in [6, 6.07) is 6.53. The van der Waals surface area contributed by atoms with Gasteiger partial charge in [0.05, 0.1) is 18.8 Å². The number of rotatable bonds is 5. The third-order valence-electron chi connectivity index (χ3n) is 3.21. The van der Waals surface area contributed by atoms with E-state index in [1.807, 2.05) is 0 Å². The lowest BCUT2D eigenvalue weighted by Gasteiger charge is -2.35. The number of morpholine rings is 1. The zero-order chi connectivity index (χ0) is 13.7. The topological polar surface area (TPSA) is 21.7 Å². The number of nitrogens with zero attached hydrogens (tertiary/aromatic N) is 1. The molecule has 0 amide bonds. The molecule has 3 nitrogen and oxygen atoms in total. The van der Waals surface area contributed by atoms with Crippen LogP contribution in [0.4, 0.5) is 4.39 Å². The summed E-state index contributed by atoms with van der Waals surface area (Å²) in [6.45, 7) is 7.62. The molecule has 2 atom stereocenters. The predicted molar refractivity (Wildman–Crippen MR) is 73.0 cm³/mol. The number of halogens is 1. The molecule has 1 aliphatic heterocycles. The molecular formula is C15H22FNO2. The van der Waals surface area contributed by atoms with E-state index in [0.717, 1.165) is 26.1 Å². The smallest absolute Gasteiger partial charge is 0.165 e. The minimum Gasteiger partial charge on any atom is -0.490 e. The number of benzene rings is 1. The second-order valence-corrected chi connectivity index (χ2v) is 5.15. The molecule has 1 aromatic carbocycles. The van der Waals surface area contributed by atoms with Gasteiger partial charge >= 0.3 is 0 Å². The van der Waals surface area contributed by atoms with Crippen molar-refractivity contribution in [3.05, 3.63) is 30.1 Å². The summed E-state index contributed by atoms with van der Waals surface area (Å²) in [5.41, 5.74) is 0. The molecule has 0 radical (unpaired) electrons. The van der Waals surface area contributed by atoms with E-state index in [1.54, 1.807) is 18.2 Å². The molecule has 106 valence electrons. The van der Waals surface area contributed by atoms with Crippen LogP contribution in [-0.4, -0.2) is 43.3 Å². The number of para-hydroxylation sites is 1. The van der Waals surface area contributed by atoms with E-state index in [9.17, 15) is 4.39 Å². The molecule has 1 aromatic rings. The molecule has 1 fully saturated rings. The summed E-state index contributed by atoms with van der Waals surface area (Å²) in [5, 5.41) is 0. The summed E-state index contributed by atoms with van der Waals surface area (Å²) in [4.78, 5) is 2.38. The van der Waals surface area contributed by atoms with E-state index in [0.29, 0.717) is 12.4 Å². The van der Waals surface area contributed by atoms with E-state index < -0.39 is 0 Å². The van der Waals surface area contributed by atoms with Gasteiger partial charge in [-0.15, -0.1) is 0 Å².